The van der Waals surface area contributed by atoms with E-state index in [1.54, 1.807) is 0 Å². The van der Waals surface area contributed by atoms with Gasteiger partial charge in [-0.1, -0.05) is 6.07 Å². The Labute approximate surface area is 148 Å². The van der Waals surface area contributed by atoms with Crippen LogP contribution in [0.5, 0.6) is 0 Å². The summed E-state index contributed by atoms with van der Waals surface area (Å²) < 4.78 is 52.0. The van der Waals surface area contributed by atoms with Gasteiger partial charge in [-0.15, -0.1) is 11.3 Å². The summed E-state index contributed by atoms with van der Waals surface area (Å²) in [6, 6.07) is 2.30. The van der Waals surface area contributed by atoms with E-state index in [1.807, 2.05) is 0 Å². The fourth-order valence-corrected chi connectivity index (χ4v) is 2.90. The van der Waals surface area contributed by atoms with E-state index in [1.165, 1.54) is 24.0 Å². The average molecular weight is 382 g/mol. The highest BCUT2D eigenvalue weighted by molar-refractivity contribution is 7.13. The van der Waals surface area contributed by atoms with Crippen LogP contribution in [0.25, 0.3) is 10.7 Å². The van der Waals surface area contributed by atoms with Crippen molar-refractivity contribution in [3.63, 3.8) is 0 Å². The lowest BCUT2D eigenvalue weighted by Gasteiger charge is -2.13. The molecule has 0 aliphatic rings. The number of amides is 1. The number of thiazole rings is 1. The van der Waals surface area contributed by atoms with Crippen LogP contribution >= 0.6 is 11.3 Å². The first-order valence-corrected chi connectivity index (χ1v) is 8.08. The van der Waals surface area contributed by atoms with Crippen LogP contribution in [0.15, 0.2) is 42.2 Å². The number of aromatic nitrogens is 3. The number of alkyl halides is 3. The average Bonchev–Trinajstić information content (AvgIpc) is 3.10. The van der Waals surface area contributed by atoms with Gasteiger partial charge in [0.15, 0.2) is 0 Å². The summed E-state index contributed by atoms with van der Waals surface area (Å²) in [5.74, 6) is -1.64. The molecule has 134 valence electrons. The van der Waals surface area contributed by atoms with Gasteiger partial charge in [0.1, 0.15) is 22.2 Å². The van der Waals surface area contributed by atoms with Crippen molar-refractivity contribution in [1.82, 2.24) is 20.3 Å². The Morgan fingerprint density at radius 2 is 2.04 bits per heavy atom. The summed E-state index contributed by atoms with van der Waals surface area (Å²) >= 11 is 1.16. The molecule has 1 aromatic carbocycles. The minimum Gasteiger partial charge on any atom is -0.347 e. The largest absolute Gasteiger partial charge is 0.416 e. The van der Waals surface area contributed by atoms with Crippen molar-refractivity contribution < 1.29 is 22.4 Å². The Morgan fingerprint density at radius 1 is 1.23 bits per heavy atom. The van der Waals surface area contributed by atoms with Crippen molar-refractivity contribution in [3.8, 4) is 10.7 Å². The number of carbonyl (C=O) groups is 1. The zero-order valence-corrected chi connectivity index (χ0v) is 13.7. The van der Waals surface area contributed by atoms with Crippen molar-refractivity contribution in [1.29, 1.82) is 0 Å². The van der Waals surface area contributed by atoms with E-state index < -0.39 is 30.0 Å². The Hall–Kier alpha value is -2.88. The van der Waals surface area contributed by atoms with Gasteiger partial charge >= 0.3 is 6.18 Å². The van der Waals surface area contributed by atoms with E-state index in [4.69, 9.17) is 0 Å². The van der Waals surface area contributed by atoms with Gasteiger partial charge in [-0.25, -0.2) is 9.37 Å². The van der Waals surface area contributed by atoms with Crippen LogP contribution < -0.4 is 5.32 Å². The number of nitrogens with one attached hydrogen (secondary N) is 1. The maximum absolute atomic E-state index is 13.1. The number of hydrogen-bond donors (Lipinski definition) is 1. The number of halogens is 4. The lowest BCUT2D eigenvalue weighted by Crippen LogP contribution is -2.25. The highest BCUT2D eigenvalue weighted by Crippen LogP contribution is 2.32. The van der Waals surface area contributed by atoms with Crippen LogP contribution in [0.4, 0.5) is 17.6 Å². The Balaban J connectivity index is 1.73. The normalized spacial score (nSPS) is 11.4. The van der Waals surface area contributed by atoms with Gasteiger partial charge in [0.2, 0.25) is 0 Å². The molecule has 0 bridgehead atoms. The molecule has 0 atom stereocenters. The first-order valence-electron chi connectivity index (χ1n) is 7.20. The third-order valence-corrected chi connectivity index (χ3v) is 4.20. The molecule has 10 heteroatoms. The molecule has 0 spiro atoms. The molecule has 3 rings (SSSR count). The molecule has 1 amide bonds. The molecule has 0 saturated heterocycles. The second-order valence-corrected chi connectivity index (χ2v) is 5.97. The van der Waals surface area contributed by atoms with Gasteiger partial charge in [0.05, 0.1) is 11.8 Å². The molecular weight excluding hydrogens is 372 g/mol. The molecule has 2 aromatic heterocycles. The molecule has 0 saturated carbocycles. The zero-order chi connectivity index (χ0) is 18.7. The van der Waals surface area contributed by atoms with Crippen LogP contribution in [0.1, 0.15) is 21.6 Å². The predicted molar refractivity (Wildman–Crippen MR) is 85.7 cm³/mol. The van der Waals surface area contributed by atoms with E-state index in [9.17, 15) is 22.4 Å². The Bertz CT molecular complexity index is 927. The van der Waals surface area contributed by atoms with E-state index in [0.717, 1.165) is 23.5 Å². The summed E-state index contributed by atoms with van der Waals surface area (Å²) in [4.78, 5) is 24.2. The summed E-state index contributed by atoms with van der Waals surface area (Å²) in [6.45, 7) is -0.411. The van der Waals surface area contributed by atoms with E-state index in [-0.39, 0.29) is 11.3 Å². The van der Waals surface area contributed by atoms with Gasteiger partial charge in [-0.3, -0.25) is 14.8 Å². The van der Waals surface area contributed by atoms with Gasteiger partial charge in [0, 0.05) is 24.3 Å². The first kappa shape index (κ1) is 17.9. The Kier molecular flexibility index (Phi) is 4.94. The fourth-order valence-electron chi connectivity index (χ4n) is 2.14. The lowest BCUT2D eigenvalue weighted by atomic mass is 10.1. The summed E-state index contributed by atoms with van der Waals surface area (Å²) in [5, 5.41) is 4.28. The van der Waals surface area contributed by atoms with Gasteiger partial charge < -0.3 is 5.32 Å². The van der Waals surface area contributed by atoms with Gasteiger partial charge in [-0.2, -0.15) is 13.2 Å². The van der Waals surface area contributed by atoms with Crippen molar-refractivity contribution in [2.75, 3.05) is 0 Å². The molecule has 3 aromatic rings. The molecule has 26 heavy (non-hydrogen) atoms. The molecule has 2 heterocycles. The van der Waals surface area contributed by atoms with Crippen molar-refractivity contribution in [3.05, 3.63) is 64.8 Å². The van der Waals surface area contributed by atoms with E-state index in [0.29, 0.717) is 16.8 Å². The third-order valence-electron chi connectivity index (χ3n) is 3.34. The maximum Gasteiger partial charge on any atom is 0.416 e. The topological polar surface area (TPSA) is 67.8 Å². The lowest BCUT2D eigenvalue weighted by molar-refractivity contribution is -0.138. The number of rotatable bonds is 4. The smallest absolute Gasteiger partial charge is 0.347 e. The second kappa shape index (κ2) is 7.16. The molecule has 0 radical (unpaired) electrons. The standard InChI is InChI=1S/C16H10F4N4OS/c17-10-2-1-9(11(5-10)16(18,19)20)6-23-14(25)13-8-26-15(24-13)12-7-21-3-4-22-12/h1-5,7-8H,6H2,(H,23,25). The number of nitrogens with zero attached hydrogens (tertiary/aromatic N) is 3. The highest BCUT2D eigenvalue weighted by Gasteiger charge is 2.33. The molecule has 0 unspecified atom stereocenters. The maximum atomic E-state index is 13.1. The summed E-state index contributed by atoms with van der Waals surface area (Å²) in [7, 11) is 0. The molecular formula is C16H10F4N4OS. The van der Waals surface area contributed by atoms with Crippen LogP contribution in [-0.4, -0.2) is 20.9 Å². The number of benzene rings is 1. The zero-order valence-electron chi connectivity index (χ0n) is 12.9. The van der Waals surface area contributed by atoms with Gasteiger partial charge in [-0.05, 0) is 17.7 Å². The monoisotopic (exact) mass is 382 g/mol. The predicted octanol–water partition coefficient (Wildman–Crippen LogP) is 3.69. The van der Waals surface area contributed by atoms with E-state index in [2.05, 4.69) is 20.3 Å². The molecule has 0 fully saturated rings. The van der Waals surface area contributed by atoms with Crippen LogP contribution in [0.2, 0.25) is 0 Å². The molecule has 0 aliphatic carbocycles. The molecule has 0 aliphatic heterocycles. The highest BCUT2D eigenvalue weighted by atomic mass is 32.1. The number of hydrogen-bond acceptors (Lipinski definition) is 5. The van der Waals surface area contributed by atoms with Crippen molar-refractivity contribution >= 4 is 17.2 Å². The van der Waals surface area contributed by atoms with Crippen LogP contribution in [0, 0.1) is 5.82 Å². The van der Waals surface area contributed by atoms with Gasteiger partial charge in [0.25, 0.3) is 5.91 Å². The molecule has 5 nitrogen and oxygen atoms in total. The SMILES string of the molecule is O=C(NCc1ccc(F)cc1C(F)(F)F)c1csc(-c2cnccn2)n1. The Morgan fingerprint density at radius 3 is 2.73 bits per heavy atom. The quantitative estimate of drug-likeness (QED) is 0.699. The summed E-state index contributed by atoms with van der Waals surface area (Å²) in [5.41, 5.74) is -0.839. The van der Waals surface area contributed by atoms with Crippen LogP contribution in [-0.2, 0) is 12.7 Å². The van der Waals surface area contributed by atoms with Crippen molar-refractivity contribution in [2.45, 2.75) is 12.7 Å². The fraction of sp³-hybridized carbons (Fsp3) is 0.125. The third kappa shape index (κ3) is 4.02. The minimum atomic E-state index is -4.72. The van der Waals surface area contributed by atoms with Crippen LogP contribution in [0.3, 0.4) is 0 Å². The van der Waals surface area contributed by atoms with E-state index >= 15 is 0 Å². The minimum absolute atomic E-state index is 0.0475. The molecule has 1 N–H and O–H groups in total. The number of carbonyl (C=O) groups excluding carboxylic acids is 1. The second-order valence-electron chi connectivity index (χ2n) is 5.11. The summed E-state index contributed by atoms with van der Waals surface area (Å²) in [6.07, 6.45) is -0.272. The first-order chi connectivity index (χ1) is 12.3. The van der Waals surface area contributed by atoms with Crippen molar-refractivity contribution in [2.24, 2.45) is 0 Å².